The van der Waals surface area contributed by atoms with Crippen LogP contribution in [-0.2, 0) is 10.4 Å². The molecule has 0 saturated carbocycles. The van der Waals surface area contributed by atoms with Crippen LogP contribution >= 0.6 is 0 Å². The molecule has 1 aliphatic rings. The molecular weight excluding hydrogens is 201 g/mol. The Morgan fingerprint density at radius 3 is 3.27 bits per heavy atom. The Morgan fingerprint density at radius 1 is 1.45 bits per heavy atom. The Bertz CT molecular complexity index is 273. The van der Waals surface area contributed by atoms with E-state index in [1.54, 1.807) is 0 Å². The van der Waals surface area contributed by atoms with Gasteiger partial charge in [0.15, 0.2) is 0 Å². The average molecular weight is 209 g/mol. The summed E-state index contributed by atoms with van der Waals surface area (Å²) in [4.78, 5) is 0. The van der Waals surface area contributed by atoms with Crippen molar-refractivity contribution in [3.8, 4) is 5.75 Å². The molecule has 0 spiro atoms. The number of rotatable bonds is 0. The molecule has 0 atom stereocenters. The van der Waals surface area contributed by atoms with Gasteiger partial charge in [0, 0.05) is 0 Å². The summed E-state index contributed by atoms with van der Waals surface area (Å²) in [6, 6.07) is 6.20. The summed E-state index contributed by atoms with van der Waals surface area (Å²) in [6.07, 6.45) is 0. The summed E-state index contributed by atoms with van der Waals surface area (Å²) in [6.45, 7) is 2.81. The van der Waals surface area contributed by atoms with Crippen LogP contribution in [0.1, 0.15) is 11.1 Å². The van der Waals surface area contributed by atoms with Crippen molar-refractivity contribution in [1.29, 1.82) is 0 Å². The number of aryl methyl sites for hydroxylation is 1. The van der Waals surface area contributed by atoms with Gasteiger partial charge in [-0.2, -0.15) is 0 Å². The van der Waals surface area contributed by atoms with Crippen LogP contribution in [0.4, 0.5) is 0 Å². The first-order valence-electron chi connectivity index (χ1n) is 3.49. The second-order valence-corrected chi connectivity index (χ2v) is 3.97. The molecule has 0 amide bonds. The molecule has 56 valence electrons. The number of fused-ring (bicyclic) bond motifs is 1. The maximum atomic E-state index is 5.38. The quantitative estimate of drug-likeness (QED) is 0.601. The van der Waals surface area contributed by atoms with Crippen molar-refractivity contribution in [2.24, 2.45) is 0 Å². The molecule has 1 aromatic rings. The molecular formula is C8H8GeO2. The van der Waals surface area contributed by atoms with Crippen molar-refractivity contribution >= 4 is 16.1 Å². The van der Waals surface area contributed by atoms with E-state index in [0.717, 1.165) is 12.4 Å². The zero-order valence-corrected chi connectivity index (χ0v) is 8.35. The zero-order valence-electron chi connectivity index (χ0n) is 6.26. The first-order chi connectivity index (χ1) is 5.36. The van der Waals surface area contributed by atoms with Gasteiger partial charge in [0.2, 0.25) is 0 Å². The third kappa shape index (κ3) is 1.41. The van der Waals surface area contributed by atoms with Gasteiger partial charge in [0.05, 0.1) is 0 Å². The van der Waals surface area contributed by atoms with Gasteiger partial charge in [-0.15, -0.1) is 0 Å². The molecule has 11 heavy (non-hydrogen) atoms. The van der Waals surface area contributed by atoms with Gasteiger partial charge in [-0.05, 0) is 0 Å². The second kappa shape index (κ2) is 2.87. The van der Waals surface area contributed by atoms with Gasteiger partial charge in [-0.3, -0.25) is 0 Å². The predicted molar refractivity (Wildman–Crippen MR) is 42.4 cm³/mol. The van der Waals surface area contributed by atoms with Crippen LogP contribution in [0.5, 0.6) is 5.75 Å². The standard InChI is InChI=1S/C8H8GeO2/c1-6-2-3-8-7(4-6)5-10-9-11-8/h2-4H,5H2,1H3. The zero-order chi connectivity index (χ0) is 7.68. The molecule has 0 unspecified atom stereocenters. The summed E-state index contributed by atoms with van der Waals surface area (Å²) in [5, 5.41) is 0. The molecule has 2 rings (SSSR count). The maximum absolute atomic E-state index is 5.38. The third-order valence-electron chi connectivity index (χ3n) is 1.65. The van der Waals surface area contributed by atoms with Crippen LogP contribution in [0, 0.1) is 6.92 Å². The second-order valence-electron chi connectivity index (χ2n) is 2.59. The molecule has 3 heteroatoms. The molecule has 0 aliphatic carbocycles. The van der Waals surface area contributed by atoms with E-state index in [1.807, 2.05) is 6.07 Å². The molecule has 0 N–H and O–H groups in total. The minimum atomic E-state index is -0.603. The predicted octanol–water partition coefficient (Wildman–Crippen LogP) is 1.44. The third-order valence-corrected chi connectivity index (χ3v) is 2.84. The Hall–Kier alpha value is -0.477. The van der Waals surface area contributed by atoms with Crippen molar-refractivity contribution in [2.45, 2.75) is 13.5 Å². The van der Waals surface area contributed by atoms with E-state index in [-0.39, 0.29) is 0 Å². The van der Waals surface area contributed by atoms with E-state index in [1.165, 1.54) is 11.1 Å². The van der Waals surface area contributed by atoms with Crippen molar-refractivity contribution in [1.82, 2.24) is 0 Å². The fourth-order valence-corrected chi connectivity index (χ4v) is 2.28. The summed E-state index contributed by atoms with van der Waals surface area (Å²) in [7, 11) is 0. The first kappa shape index (κ1) is 7.19. The van der Waals surface area contributed by atoms with E-state index in [0.29, 0.717) is 0 Å². The minimum absolute atomic E-state index is 0.603. The van der Waals surface area contributed by atoms with Gasteiger partial charge >= 0.3 is 72.2 Å². The van der Waals surface area contributed by atoms with Crippen molar-refractivity contribution < 1.29 is 7.53 Å². The van der Waals surface area contributed by atoms with E-state index in [4.69, 9.17) is 7.53 Å². The summed E-state index contributed by atoms with van der Waals surface area (Å²) in [5.41, 5.74) is 2.44. The number of hydrogen-bond acceptors (Lipinski definition) is 2. The van der Waals surface area contributed by atoms with E-state index in [9.17, 15) is 0 Å². The summed E-state index contributed by atoms with van der Waals surface area (Å²) < 4.78 is 10.6. The van der Waals surface area contributed by atoms with Crippen molar-refractivity contribution in [2.75, 3.05) is 0 Å². The van der Waals surface area contributed by atoms with Crippen LogP contribution in [0.25, 0.3) is 0 Å². The van der Waals surface area contributed by atoms with Crippen LogP contribution < -0.4 is 3.76 Å². The first-order valence-corrected chi connectivity index (χ1v) is 5.21. The van der Waals surface area contributed by atoms with E-state index < -0.39 is 16.1 Å². The fraction of sp³-hybridized carbons (Fsp3) is 0.250. The average Bonchev–Trinajstić information content (AvgIpc) is 2.04. The van der Waals surface area contributed by atoms with E-state index >= 15 is 0 Å². The molecule has 0 aromatic heterocycles. The summed E-state index contributed by atoms with van der Waals surface area (Å²) in [5.74, 6) is 1.02. The molecule has 0 bridgehead atoms. The topological polar surface area (TPSA) is 18.5 Å². The Balaban J connectivity index is 2.43. The molecule has 2 nitrogen and oxygen atoms in total. The monoisotopic (exact) mass is 210 g/mol. The summed E-state index contributed by atoms with van der Waals surface area (Å²) >= 11 is -0.603. The molecule has 2 radical (unpaired) electrons. The Labute approximate surface area is 72.7 Å². The van der Waals surface area contributed by atoms with Crippen LogP contribution in [0.2, 0.25) is 0 Å². The SMILES string of the molecule is Cc1ccc2c(c1)C[O][Ge][O]2. The molecule has 1 aromatic carbocycles. The van der Waals surface area contributed by atoms with Crippen molar-refractivity contribution in [3.63, 3.8) is 0 Å². The number of hydrogen-bond donors (Lipinski definition) is 0. The molecule has 0 saturated heterocycles. The van der Waals surface area contributed by atoms with Crippen LogP contribution in [-0.4, -0.2) is 16.1 Å². The van der Waals surface area contributed by atoms with E-state index in [2.05, 4.69) is 19.1 Å². The van der Waals surface area contributed by atoms with Gasteiger partial charge in [-0.1, -0.05) is 0 Å². The molecule has 1 aliphatic heterocycles. The van der Waals surface area contributed by atoms with Gasteiger partial charge in [-0.25, -0.2) is 0 Å². The normalized spacial score (nSPS) is 15.4. The Kier molecular flexibility index (Phi) is 1.88. The van der Waals surface area contributed by atoms with Gasteiger partial charge in [0.1, 0.15) is 0 Å². The Morgan fingerprint density at radius 2 is 2.36 bits per heavy atom. The van der Waals surface area contributed by atoms with Crippen LogP contribution in [0.15, 0.2) is 18.2 Å². The number of benzene rings is 1. The molecule has 0 fully saturated rings. The van der Waals surface area contributed by atoms with Crippen molar-refractivity contribution in [3.05, 3.63) is 29.3 Å². The molecule has 1 heterocycles. The van der Waals surface area contributed by atoms with Crippen LogP contribution in [0.3, 0.4) is 0 Å². The van der Waals surface area contributed by atoms with Gasteiger partial charge < -0.3 is 0 Å². The van der Waals surface area contributed by atoms with Gasteiger partial charge in [0.25, 0.3) is 0 Å². The fourth-order valence-electron chi connectivity index (χ4n) is 1.10.